The van der Waals surface area contributed by atoms with Crippen molar-refractivity contribution in [2.24, 2.45) is 0 Å². The number of nitrogen functional groups attached to an aromatic ring is 1. The standard InChI is InChI=1S/C16H20N2O/c1-12-3-4-13(2)16(11-12)18-9-10-19-15-7-5-14(17)6-8-15/h3-8,11,18H,9-10,17H2,1-2H3. The van der Waals surface area contributed by atoms with Crippen LogP contribution in [0.25, 0.3) is 0 Å². The summed E-state index contributed by atoms with van der Waals surface area (Å²) in [6.45, 7) is 5.59. The molecule has 0 spiro atoms. The second kappa shape index (κ2) is 6.14. The van der Waals surface area contributed by atoms with Gasteiger partial charge in [-0.25, -0.2) is 0 Å². The van der Waals surface area contributed by atoms with Gasteiger partial charge in [-0.3, -0.25) is 0 Å². The molecule has 2 rings (SSSR count). The van der Waals surface area contributed by atoms with Gasteiger partial charge in [-0.2, -0.15) is 0 Å². The lowest BCUT2D eigenvalue weighted by molar-refractivity contribution is 0.333. The highest BCUT2D eigenvalue weighted by Crippen LogP contribution is 2.16. The molecule has 0 radical (unpaired) electrons. The van der Waals surface area contributed by atoms with Crippen molar-refractivity contribution >= 4 is 11.4 Å². The van der Waals surface area contributed by atoms with Crippen molar-refractivity contribution in [3.8, 4) is 5.75 Å². The normalized spacial score (nSPS) is 10.2. The third-order valence-electron chi connectivity index (χ3n) is 2.96. The average Bonchev–Trinajstić information content (AvgIpc) is 2.40. The molecule has 0 aliphatic rings. The lowest BCUT2D eigenvalue weighted by Crippen LogP contribution is -2.12. The summed E-state index contributed by atoms with van der Waals surface area (Å²) in [6, 6.07) is 13.8. The maximum Gasteiger partial charge on any atom is 0.119 e. The number of nitrogens with one attached hydrogen (secondary N) is 1. The van der Waals surface area contributed by atoms with Crippen LogP contribution in [0.2, 0.25) is 0 Å². The van der Waals surface area contributed by atoms with Gasteiger partial charge in [-0.05, 0) is 55.3 Å². The van der Waals surface area contributed by atoms with E-state index >= 15 is 0 Å². The van der Waals surface area contributed by atoms with Crippen LogP contribution in [0.4, 0.5) is 11.4 Å². The van der Waals surface area contributed by atoms with Crippen LogP contribution in [0.5, 0.6) is 5.75 Å². The maximum atomic E-state index is 5.63. The Morgan fingerprint density at radius 2 is 1.79 bits per heavy atom. The van der Waals surface area contributed by atoms with Crippen LogP contribution in [-0.2, 0) is 0 Å². The molecule has 0 amide bonds. The van der Waals surface area contributed by atoms with Crippen LogP contribution in [0.3, 0.4) is 0 Å². The number of rotatable bonds is 5. The number of ether oxygens (including phenoxy) is 1. The van der Waals surface area contributed by atoms with Gasteiger partial charge in [-0.15, -0.1) is 0 Å². The molecule has 0 unspecified atom stereocenters. The van der Waals surface area contributed by atoms with Gasteiger partial charge in [0.25, 0.3) is 0 Å². The highest BCUT2D eigenvalue weighted by atomic mass is 16.5. The molecular formula is C16H20N2O. The molecular weight excluding hydrogens is 236 g/mol. The number of benzene rings is 2. The van der Waals surface area contributed by atoms with Crippen LogP contribution < -0.4 is 15.8 Å². The van der Waals surface area contributed by atoms with Crippen molar-refractivity contribution < 1.29 is 4.74 Å². The largest absolute Gasteiger partial charge is 0.492 e. The molecule has 2 aromatic rings. The third kappa shape index (κ3) is 3.91. The molecule has 2 aromatic carbocycles. The number of hydrogen-bond acceptors (Lipinski definition) is 3. The Hall–Kier alpha value is -2.16. The fourth-order valence-corrected chi connectivity index (χ4v) is 1.84. The molecule has 0 aliphatic heterocycles. The molecule has 0 bridgehead atoms. The molecule has 0 aliphatic carbocycles. The highest BCUT2D eigenvalue weighted by Gasteiger charge is 1.98. The van der Waals surface area contributed by atoms with E-state index in [9.17, 15) is 0 Å². The minimum Gasteiger partial charge on any atom is -0.492 e. The Kier molecular flexibility index (Phi) is 4.29. The highest BCUT2D eigenvalue weighted by molar-refractivity contribution is 5.52. The first-order valence-corrected chi connectivity index (χ1v) is 6.44. The van der Waals surface area contributed by atoms with Gasteiger partial charge in [0.15, 0.2) is 0 Å². The van der Waals surface area contributed by atoms with E-state index in [1.54, 1.807) is 0 Å². The summed E-state index contributed by atoms with van der Waals surface area (Å²) < 4.78 is 5.63. The Labute approximate surface area is 114 Å². The summed E-state index contributed by atoms with van der Waals surface area (Å²) in [7, 11) is 0. The summed E-state index contributed by atoms with van der Waals surface area (Å²) in [4.78, 5) is 0. The summed E-state index contributed by atoms with van der Waals surface area (Å²) in [5, 5.41) is 3.39. The number of hydrogen-bond donors (Lipinski definition) is 2. The molecule has 3 N–H and O–H groups in total. The van der Waals surface area contributed by atoms with Crippen LogP contribution >= 0.6 is 0 Å². The second-order valence-corrected chi connectivity index (χ2v) is 4.66. The minimum absolute atomic E-state index is 0.622. The zero-order valence-corrected chi connectivity index (χ0v) is 11.4. The summed E-state index contributed by atoms with van der Waals surface area (Å²) >= 11 is 0. The lowest BCUT2D eigenvalue weighted by atomic mass is 10.1. The van der Waals surface area contributed by atoms with Gasteiger partial charge in [0.1, 0.15) is 12.4 Å². The molecule has 3 heteroatoms. The third-order valence-corrected chi connectivity index (χ3v) is 2.96. The average molecular weight is 256 g/mol. The van der Waals surface area contributed by atoms with Crippen LogP contribution in [0.1, 0.15) is 11.1 Å². The fraction of sp³-hybridized carbons (Fsp3) is 0.250. The fourth-order valence-electron chi connectivity index (χ4n) is 1.84. The molecule has 100 valence electrons. The van der Waals surface area contributed by atoms with E-state index in [1.165, 1.54) is 16.8 Å². The van der Waals surface area contributed by atoms with Crippen molar-refractivity contribution in [3.05, 3.63) is 53.6 Å². The van der Waals surface area contributed by atoms with Crippen LogP contribution in [-0.4, -0.2) is 13.2 Å². The zero-order chi connectivity index (χ0) is 13.7. The first-order valence-electron chi connectivity index (χ1n) is 6.44. The maximum absolute atomic E-state index is 5.63. The predicted octanol–water partition coefficient (Wildman–Crippen LogP) is 3.38. The lowest BCUT2D eigenvalue weighted by Gasteiger charge is -2.11. The molecule has 0 aromatic heterocycles. The van der Waals surface area contributed by atoms with E-state index in [1.807, 2.05) is 24.3 Å². The van der Waals surface area contributed by atoms with Gasteiger partial charge < -0.3 is 15.8 Å². The second-order valence-electron chi connectivity index (χ2n) is 4.66. The van der Waals surface area contributed by atoms with Gasteiger partial charge in [0.05, 0.1) is 0 Å². The molecule has 0 atom stereocenters. The number of anilines is 2. The molecule has 0 saturated heterocycles. The topological polar surface area (TPSA) is 47.3 Å². The van der Waals surface area contributed by atoms with Crippen LogP contribution in [0.15, 0.2) is 42.5 Å². The number of aryl methyl sites for hydroxylation is 2. The summed E-state index contributed by atoms with van der Waals surface area (Å²) in [5.41, 5.74) is 10.0. The SMILES string of the molecule is Cc1ccc(C)c(NCCOc2ccc(N)cc2)c1. The quantitative estimate of drug-likeness (QED) is 0.637. The Morgan fingerprint density at radius 1 is 1.05 bits per heavy atom. The molecule has 3 nitrogen and oxygen atoms in total. The van der Waals surface area contributed by atoms with E-state index in [-0.39, 0.29) is 0 Å². The van der Waals surface area contributed by atoms with Crippen molar-refractivity contribution in [1.82, 2.24) is 0 Å². The Bertz CT molecular complexity index is 535. The minimum atomic E-state index is 0.622. The smallest absolute Gasteiger partial charge is 0.119 e. The summed E-state index contributed by atoms with van der Waals surface area (Å²) in [6.07, 6.45) is 0. The molecule has 19 heavy (non-hydrogen) atoms. The monoisotopic (exact) mass is 256 g/mol. The van der Waals surface area contributed by atoms with Crippen molar-refractivity contribution in [3.63, 3.8) is 0 Å². The van der Waals surface area contributed by atoms with E-state index < -0.39 is 0 Å². The van der Waals surface area contributed by atoms with Crippen molar-refractivity contribution in [2.75, 3.05) is 24.2 Å². The number of nitrogens with two attached hydrogens (primary N) is 1. The van der Waals surface area contributed by atoms with E-state index in [2.05, 4.69) is 37.4 Å². The van der Waals surface area contributed by atoms with Gasteiger partial charge in [-0.1, -0.05) is 12.1 Å². The van der Waals surface area contributed by atoms with E-state index in [4.69, 9.17) is 10.5 Å². The Morgan fingerprint density at radius 3 is 2.53 bits per heavy atom. The first-order chi connectivity index (χ1) is 9.15. The zero-order valence-electron chi connectivity index (χ0n) is 11.4. The van der Waals surface area contributed by atoms with Gasteiger partial charge in [0, 0.05) is 17.9 Å². The summed E-state index contributed by atoms with van der Waals surface area (Å²) in [5.74, 6) is 0.844. The Balaban J connectivity index is 1.80. The van der Waals surface area contributed by atoms with E-state index in [0.717, 1.165) is 18.0 Å². The molecule has 0 fully saturated rings. The first kappa shape index (κ1) is 13.3. The van der Waals surface area contributed by atoms with Gasteiger partial charge >= 0.3 is 0 Å². The molecule has 0 heterocycles. The van der Waals surface area contributed by atoms with Crippen LogP contribution in [0, 0.1) is 13.8 Å². The predicted molar refractivity (Wildman–Crippen MR) is 80.8 cm³/mol. The van der Waals surface area contributed by atoms with E-state index in [0.29, 0.717) is 6.61 Å². The molecule has 0 saturated carbocycles. The van der Waals surface area contributed by atoms with Gasteiger partial charge in [0.2, 0.25) is 0 Å². The van der Waals surface area contributed by atoms with Crippen molar-refractivity contribution in [1.29, 1.82) is 0 Å². The van der Waals surface area contributed by atoms with Crippen molar-refractivity contribution in [2.45, 2.75) is 13.8 Å².